The molecule has 0 fully saturated rings. The van der Waals surface area contributed by atoms with Gasteiger partial charge in [-0.25, -0.2) is 4.79 Å². The SMILES string of the molecule is COc1cc(/C=C/c2cccc(-c3ccccc3)c2C)cc(OC)c1CNc1cccc(O)c1C(=O)O. The summed E-state index contributed by atoms with van der Waals surface area (Å²) < 4.78 is 11.3. The number of aromatic hydroxyl groups is 1. The van der Waals surface area contributed by atoms with Gasteiger partial charge >= 0.3 is 5.97 Å². The number of methoxy groups -OCH3 is 2. The molecular formula is C31H29NO5. The lowest BCUT2D eigenvalue weighted by Crippen LogP contribution is -2.08. The Kier molecular flexibility index (Phi) is 7.79. The third-order valence-corrected chi connectivity index (χ3v) is 6.26. The molecule has 0 aliphatic rings. The maximum atomic E-state index is 11.6. The summed E-state index contributed by atoms with van der Waals surface area (Å²) in [5.74, 6) is -0.327. The molecule has 4 rings (SSSR count). The summed E-state index contributed by atoms with van der Waals surface area (Å²) >= 11 is 0. The fourth-order valence-electron chi connectivity index (χ4n) is 4.32. The minimum absolute atomic E-state index is 0.187. The maximum Gasteiger partial charge on any atom is 0.341 e. The van der Waals surface area contributed by atoms with E-state index in [1.165, 1.54) is 22.8 Å². The molecule has 0 aliphatic carbocycles. The van der Waals surface area contributed by atoms with Crippen molar-refractivity contribution in [1.29, 1.82) is 0 Å². The zero-order valence-electron chi connectivity index (χ0n) is 21.0. The predicted octanol–water partition coefficient (Wildman–Crippen LogP) is 6.87. The maximum absolute atomic E-state index is 11.6. The molecule has 0 aliphatic heterocycles. The quantitative estimate of drug-likeness (QED) is 0.220. The highest BCUT2D eigenvalue weighted by Crippen LogP contribution is 2.34. The van der Waals surface area contributed by atoms with Crippen molar-refractivity contribution in [2.24, 2.45) is 0 Å². The van der Waals surface area contributed by atoms with E-state index >= 15 is 0 Å². The molecule has 0 aromatic heterocycles. The van der Waals surface area contributed by atoms with Gasteiger partial charge in [-0.15, -0.1) is 0 Å². The Bertz CT molecular complexity index is 1420. The fraction of sp³-hybridized carbons (Fsp3) is 0.129. The van der Waals surface area contributed by atoms with Crippen LogP contribution in [0.2, 0.25) is 0 Å². The van der Waals surface area contributed by atoms with Crippen LogP contribution < -0.4 is 14.8 Å². The molecule has 6 heteroatoms. The summed E-state index contributed by atoms with van der Waals surface area (Å²) in [4.78, 5) is 11.6. The van der Waals surface area contributed by atoms with Crippen molar-refractivity contribution in [2.45, 2.75) is 13.5 Å². The van der Waals surface area contributed by atoms with Gasteiger partial charge < -0.3 is 25.0 Å². The molecule has 0 radical (unpaired) electrons. The lowest BCUT2D eigenvalue weighted by atomic mass is 9.96. The zero-order chi connectivity index (χ0) is 26.4. The van der Waals surface area contributed by atoms with E-state index in [0.29, 0.717) is 17.2 Å². The number of ether oxygens (including phenoxy) is 2. The number of carbonyl (C=O) groups is 1. The molecule has 0 spiro atoms. The summed E-state index contributed by atoms with van der Waals surface area (Å²) in [5, 5.41) is 22.5. The second-order valence-electron chi connectivity index (χ2n) is 8.48. The summed E-state index contributed by atoms with van der Waals surface area (Å²) in [6, 6.07) is 24.9. The molecule has 0 atom stereocenters. The number of benzene rings is 4. The number of phenols is 1. The van der Waals surface area contributed by atoms with Gasteiger partial charge in [0.2, 0.25) is 0 Å². The van der Waals surface area contributed by atoms with Crippen LogP contribution in [0.4, 0.5) is 5.69 Å². The highest BCUT2D eigenvalue weighted by atomic mass is 16.5. The van der Waals surface area contributed by atoms with Crippen molar-refractivity contribution >= 4 is 23.8 Å². The molecule has 0 saturated carbocycles. The second kappa shape index (κ2) is 11.4. The average Bonchev–Trinajstić information content (AvgIpc) is 2.91. The van der Waals surface area contributed by atoms with Gasteiger partial charge in [-0.05, 0) is 59.0 Å². The van der Waals surface area contributed by atoms with Crippen LogP contribution in [-0.2, 0) is 6.54 Å². The van der Waals surface area contributed by atoms with E-state index in [2.05, 4.69) is 48.6 Å². The van der Waals surface area contributed by atoms with Crippen LogP contribution in [0.1, 0.15) is 32.6 Å². The Hall–Kier alpha value is -4.71. The average molecular weight is 496 g/mol. The molecule has 0 saturated heterocycles. The van der Waals surface area contributed by atoms with E-state index < -0.39 is 5.97 Å². The second-order valence-corrected chi connectivity index (χ2v) is 8.48. The number of carboxylic acids is 1. The van der Waals surface area contributed by atoms with Gasteiger partial charge in [-0.1, -0.05) is 66.7 Å². The van der Waals surface area contributed by atoms with Crippen molar-refractivity contribution in [3.05, 3.63) is 107 Å². The fourth-order valence-corrected chi connectivity index (χ4v) is 4.32. The molecule has 37 heavy (non-hydrogen) atoms. The van der Waals surface area contributed by atoms with Crippen molar-refractivity contribution in [3.63, 3.8) is 0 Å². The first-order valence-corrected chi connectivity index (χ1v) is 11.8. The van der Waals surface area contributed by atoms with Crippen LogP contribution in [-0.4, -0.2) is 30.4 Å². The summed E-state index contributed by atoms with van der Waals surface area (Å²) in [7, 11) is 3.16. The smallest absolute Gasteiger partial charge is 0.341 e. The highest BCUT2D eigenvalue weighted by Gasteiger charge is 2.17. The molecule has 4 aromatic carbocycles. The summed E-state index contributed by atoms with van der Waals surface area (Å²) in [6.07, 6.45) is 4.08. The first-order valence-electron chi connectivity index (χ1n) is 11.8. The third kappa shape index (κ3) is 5.59. The van der Waals surface area contributed by atoms with Gasteiger partial charge in [-0.2, -0.15) is 0 Å². The minimum atomic E-state index is -1.22. The number of anilines is 1. The van der Waals surface area contributed by atoms with Crippen molar-refractivity contribution in [3.8, 4) is 28.4 Å². The number of carboxylic acid groups (broad SMARTS) is 1. The first kappa shape index (κ1) is 25.4. The van der Waals surface area contributed by atoms with Crippen molar-refractivity contribution in [1.82, 2.24) is 0 Å². The van der Waals surface area contributed by atoms with Crippen LogP contribution in [0, 0.1) is 6.92 Å². The Balaban J connectivity index is 1.62. The van der Waals surface area contributed by atoms with Crippen LogP contribution in [0.15, 0.2) is 78.9 Å². The molecule has 6 nitrogen and oxygen atoms in total. The zero-order valence-corrected chi connectivity index (χ0v) is 21.0. The minimum Gasteiger partial charge on any atom is -0.507 e. The predicted molar refractivity (Wildman–Crippen MR) is 147 cm³/mol. The molecule has 0 unspecified atom stereocenters. The highest BCUT2D eigenvalue weighted by molar-refractivity contribution is 5.97. The van der Waals surface area contributed by atoms with E-state index in [9.17, 15) is 15.0 Å². The topological polar surface area (TPSA) is 88.0 Å². The van der Waals surface area contributed by atoms with Crippen LogP contribution in [0.3, 0.4) is 0 Å². The van der Waals surface area contributed by atoms with Gasteiger partial charge in [0.25, 0.3) is 0 Å². The number of hydrogen-bond acceptors (Lipinski definition) is 5. The summed E-state index contributed by atoms with van der Waals surface area (Å²) in [6.45, 7) is 2.35. The monoisotopic (exact) mass is 495 g/mol. The number of aromatic carboxylic acids is 1. The molecule has 0 bridgehead atoms. The lowest BCUT2D eigenvalue weighted by Gasteiger charge is -2.17. The molecule has 0 amide bonds. The Labute approximate surface area is 216 Å². The number of hydrogen-bond donors (Lipinski definition) is 3. The lowest BCUT2D eigenvalue weighted by molar-refractivity contribution is 0.0695. The molecule has 188 valence electrons. The van der Waals surface area contributed by atoms with Gasteiger partial charge in [-0.3, -0.25) is 0 Å². The van der Waals surface area contributed by atoms with Crippen molar-refractivity contribution < 1.29 is 24.5 Å². The third-order valence-electron chi connectivity index (χ3n) is 6.26. The largest absolute Gasteiger partial charge is 0.507 e. The van der Waals surface area contributed by atoms with Crippen molar-refractivity contribution in [2.75, 3.05) is 19.5 Å². The normalized spacial score (nSPS) is 10.9. The summed E-state index contributed by atoms with van der Waals surface area (Å²) in [5.41, 5.74) is 6.39. The standard InChI is InChI=1S/C31H29NO5/c1-20-22(11-7-12-24(20)23-9-5-4-6-10-23)16-15-21-17-28(36-2)25(29(18-21)37-3)19-32-26-13-8-14-27(33)30(26)31(34)35/h4-18,32-33H,19H2,1-3H3,(H,34,35)/b16-15+. The molecule has 3 N–H and O–H groups in total. The van der Waals surface area contributed by atoms with Gasteiger partial charge in [0.15, 0.2) is 0 Å². The molecule has 0 heterocycles. The Morgan fingerprint density at radius 1 is 0.892 bits per heavy atom. The van der Waals surface area contributed by atoms with Crippen LogP contribution >= 0.6 is 0 Å². The van der Waals surface area contributed by atoms with E-state index in [4.69, 9.17) is 9.47 Å². The van der Waals surface area contributed by atoms with Gasteiger partial charge in [0.05, 0.1) is 25.5 Å². The van der Waals surface area contributed by atoms with Gasteiger partial charge in [0, 0.05) is 6.54 Å². The number of rotatable bonds is 9. The van der Waals surface area contributed by atoms with Crippen LogP contribution in [0.5, 0.6) is 17.2 Å². The molecule has 4 aromatic rings. The van der Waals surface area contributed by atoms with Gasteiger partial charge in [0.1, 0.15) is 22.8 Å². The van der Waals surface area contributed by atoms with Crippen LogP contribution in [0.25, 0.3) is 23.3 Å². The Morgan fingerprint density at radius 2 is 1.57 bits per heavy atom. The first-order chi connectivity index (χ1) is 17.9. The Morgan fingerprint density at radius 3 is 2.22 bits per heavy atom. The van der Waals surface area contributed by atoms with E-state index in [0.717, 1.165) is 16.7 Å². The van der Waals surface area contributed by atoms with E-state index in [1.807, 2.05) is 36.4 Å². The number of nitrogens with one attached hydrogen (secondary N) is 1. The van der Waals surface area contributed by atoms with E-state index in [-0.39, 0.29) is 17.9 Å². The van der Waals surface area contributed by atoms with E-state index in [1.54, 1.807) is 26.4 Å². The molecular weight excluding hydrogens is 466 g/mol.